The Morgan fingerprint density at radius 3 is 2.32 bits per heavy atom. The van der Waals surface area contributed by atoms with Gasteiger partial charge in [-0.25, -0.2) is 12.8 Å². The van der Waals surface area contributed by atoms with Gasteiger partial charge in [0, 0.05) is 12.0 Å². The average Bonchev–Trinajstić information content (AvgIpc) is 2.98. The van der Waals surface area contributed by atoms with Crippen LogP contribution >= 0.6 is 11.3 Å². The molecular formula is C15H15FN2O5S2. The molecule has 0 spiro atoms. The summed E-state index contributed by atoms with van der Waals surface area (Å²) in [6, 6.07) is 5.32. The molecule has 2 amide bonds. The van der Waals surface area contributed by atoms with Crippen LogP contribution in [0.2, 0.25) is 0 Å². The first-order valence-electron chi connectivity index (χ1n) is 6.91. The van der Waals surface area contributed by atoms with Gasteiger partial charge in [-0.3, -0.25) is 9.59 Å². The molecule has 7 nitrogen and oxygen atoms in total. The summed E-state index contributed by atoms with van der Waals surface area (Å²) in [6.45, 7) is -0.133. The lowest BCUT2D eigenvalue weighted by Crippen LogP contribution is -2.26. The van der Waals surface area contributed by atoms with Crippen molar-refractivity contribution in [2.45, 2.75) is 15.0 Å². The Kier molecular flexibility index (Phi) is 5.55. The van der Waals surface area contributed by atoms with Gasteiger partial charge in [0.2, 0.25) is 21.7 Å². The minimum atomic E-state index is -4.01. The Labute approximate surface area is 147 Å². The molecule has 0 aliphatic rings. The number of sulfone groups is 1. The van der Waals surface area contributed by atoms with Crippen LogP contribution < -0.4 is 11.5 Å². The number of benzene rings is 1. The van der Waals surface area contributed by atoms with Gasteiger partial charge in [0.15, 0.2) is 0 Å². The fourth-order valence-electron chi connectivity index (χ4n) is 2.15. The molecule has 1 heterocycles. The molecule has 1 atom stereocenters. The zero-order valence-corrected chi connectivity index (χ0v) is 14.7. The van der Waals surface area contributed by atoms with Crippen LogP contribution in [-0.2, 0) is 19.4 Å². The van der Waals surface area contributed by atoms with Crippen LogP contribution in [0.3, 0.4) is 0 Å². The van der Waals surface area contributed by atoms with Crippen molar-refractivity contribution in [1.29, 1.82) is 0 Å². The van der Waals surface area contributed by atoms with E-state index in [1.165, 1.54) is 7.11 Å². The van der Waals surface area contributed by atoms with Crippen molar-refractivity contribution >= 4 is 33.0 Å². The maximum atomic E-state index is 13.0. The summed E-state index contributed by atoms with van der Waals surface area (Å²) in [5.41, 5.74) is 10.5. The zero-order chi connectivity index (χ0) is 18.8. The highest BCUT2D eigenvalue weighted by atomic mass is 32.2. The van der Waals surface area contributed by atoms with Crippen molar-refractivity contribution in [2.75, 3.05) is 13.7 Å². The van der Waals surface area contributed by atoms with Crippen molar-refractivity contribution in [1.82, 2.24) is 0 Å². The highest BCUT2D eigenvalue weighted by Crippen LogP contribution is 2.35. The smallest absolute Gasteiger partial charge is 0.249 e. The van der Waals surface area contributed by atoms with E-state index in [9.17, 15) is 22.4 Å². The Morgan fingerprint density at radius 1 is 1.24 bits per heavy atom. The third-order valence-corrected chi connectivity index (χ3v) is 6.88. The molecule has 2 aromatic rings. The fraction of sp³-hybridized carbons (Fsp3) is 0.200. The van der Waals surface area contributed by atoms with Crippen molar-refractivity contribution < 1.29 is 27.1 Å². The number of rotatable bonds is 7. The Balaban J connectivity index is 2.60. The van der Waals surface area contributed by atoms with E-state index in [-0.39, 0.29) is 26.2 Å². The predicted molar refractivity (Wildman–Crippen MR) is 88.5 cm³/mol. The number of thiophene rings is 1. The van der Waals surface area contributed by atoms with Crippen molar-refractivity contribution in [3.8, 4) is 0 Å². The van der Waals surface area contributed by atoms with Crippen LogP contribution in [0.4, 0.5) is 4.39 Å². The monoisotopic (exact) mass is 386 g/mol. The number of nitrogens with two attached hydrogens (primary N) is 2. The fourth-order valence-corrected chi connectivity index (χ4v) is 5.14. The van der Waals surface area contributed by atoms with Crippen LogP contribution in [-0.4, -0.2) is 33.9 Å². The lowest BCUT2D eigenvalue weighted by atomic mass is 10.0. The quantitative estimate of drug-likeness (QED) is 0.687. The lowest BCUT2D eigenvalue weighted by molar-refractivity contribution is -0.120. The topological polar surface area (TPSA) is 130 Å². The average molecular weight is 386 g/mol. The van der Waals surface area contributed by atoms with Crippen molar-refractivity contribution in [3.63, 3.8) is 0 Å². The number of hydrogen-bond acceptors (Lipinski definition) is 6. The molecule has 0 aliphatic heterocycles. The van der Waals surface area contributed by atoms with Gasteiger partial charge in [0.25, 0.3) is 0 Å². The molecule has 1 aromatic carbocycles. The molecule has 1 unspecified atom stereocenters. The third-order valence-electron chi connectivity index (χ3n) is 3.39. The predicted octanol–water partition coefficient (Wildman–Crippen LogP) is 1.03. The molecule has 2 rings (SSSR count). The molecule has 0 saturated heterocycles. The third kappa shape index (κ3) is 3.86. The summed E-state index contributed by atoms with van der Waals surface area (Å²) >= 11 is 0.707. The van der Waals surface area contributed by atoms with Crippen molar-refractivity contribution in [3.05, 3.63) is 46.6 Å². The van der Waals surface area contributed by atoms with Gasteiger partial charge in [-0.1, -0.05) is 0 Å². The summed E-state index contributed by atoms with van der Waals surface area (Å²) in [5, 5.41) is 0. The second kappa shape index (κ2) is 7.30. The standard InChI is InChI=1S/C15H15FN2O5S2/c1-23-7-11(15(18)20)13-10(14(17)19)6-12(24-13)25(21,22)9-4-2-8(16)3-5-9/h2-6,11H,7H2,1H3,(H2,17,19)(H2,18,20). The first kappa shape index (κ1) is 19.0. The van der Waals surface area contributed by atoms with E-state index in [2.05, 4.69) is 0 Å². The van der Waals surface area contributed by atoms with Gasteiger partial charge >= 0.3 is 0 Å². The Hall–Kier alpha value is -2.30. The van der Waals surface area contributed by atoms with E-state index >= 15 is 0 Å². The highest BCUT2D eigenvalue weighted by molar-refractivity contribution is 7.93. The van der Waals surface area contributed by atoms with E-state index in [1.807, 2.05) is 0 Å². The molecule has 0 bridgehead atoms. The summed E-state index contributed by atoms with van der Waals surface area (Å²) in [4.78, 5) is 23.3. The highest BCUT2D eigenvalue weighted by Gasteiger charge is 2.30. The summed E-state index contributed by atoms with van der Waals surface area (Å²) in [7, 11) is -2.68. The van der Waals surface area contributed by atoms with E-state index in [4.69, 9.17) is 16.2 Å². The number of methoxy groups -OCH3 is 1. The summed E-state index contributed by atoms with van der Waals surface area (Å²) in [6.07, 6.45) is 0. The number of amides is 2. The van der Waals surface area contributed by atoms with Gasteiger partial charge in [-0.05, 0) is 30.3 Å². The molecule has 0 fully saturated rings. The van der Waals surface area contributed by atoms with Crippen LogP contribution in [0, 0.1) is 5.82 Å². The number of halogens is 1. The zero-order valence-electron chi connectivity index (χ0n) is 13.1. The molecule has 25 heavy (non-hydrogen) atoms. The van der Waals surface area contributed by atoms with E-state index in [0.29, 0.717) is 11.3 Å². The number of hydrogen-bond donors (Lipinski definition) is 2. The van der Waals surface area contributed by atoms with Gasteiger partial charge in [0.1, 0.15) is 10.0 Å². The van der Waals surface area contributed by atoms with E-state index in [0.717, 1.165) is 30.3 Å². The summed E-state index contributed by atoms with van der Waals surface area (Å²) < 4.78 is 43.1. The maximum Gasteiger partial charge on any atom is 0.249 e. The molecule has 1 aromatic heterocycles. The SMILES string of the molecule is COCC(C(N)=O)c1sc(S(=O)(=O)c2ccc(F)cc2)cc1C(N)=O. The second-order valence-corrected chi connectivity index (χ2v) is 8.34. The van der Waals surface area contributed by atoms with Crippen LogP contribution in [0.5, 0.6) is 0 Å². The molecule has 4 N–H and O–H groups in total. The minimum Gasteiger partial charge on any atom is -0.383 e. The molecule has 10 heteroatoms. The Bertz CT molecular complexity index is 907. The van der Waals surface area contributed by atoms with Gasteiger partial charge in [0.05, 0.1) is 23.0 Å². The number of primary amides is 2. The van der Waals surface area contributed by atoms with Gasteiger partial charge in [-0.2, -0.15) is 0 Å². The largest absolute Gasteiger partial charge is 0.383 e. The van der Waals surface area contributed by atoms with E-state index in [1.54, 1.807) is 0 Å². The van der Waals surface area contributed by atoms with Gasteiger partial charge in [-0.15, -0.1) is 11.3 Å². The van der Waals surface area contributed by atoms with Gasteiger partial charge < -0.3 is 16.2 Å². The number of carbonyl (C=O) groups is 2. The molecule has 0 radical (unpaired) electrons. The minimum absolute atomic E-state index is 0.113. The second-order valence-electron chi connectivity index (χ2n) is 5.08. The van der Waals surface area contributed by atoms with Crippen LogP contribution in [0.25, 0.3) is 0 Å². The summed E-state index contributed by atoms with van der Waals surface area (Å²) in [5.74, 6) is -3.28. The maximum absolute atomic E-state index is 13.0. The first-order valence-corrected chi connectivity index (χ1v) is 9.21. The van der Waals surface area contributed by atoms with Crippen LogP contribution in [0.1, 0.15) is 21.2 Å². The van der Waals surface area contributed by atoms with E-state index < -0.39 is 33.4 Å². The molecular weight excluding hydrogens is 371 g/mol. The molecule has 0 aliphatic carbocycles. The first-order chi connectivity index (χ1) is 11.7. The normalized spacial score (nSPS) is 12.7. The molecule has 134 valence electrons. The lowest BCUT2D eigenvalue weighted by Gasteiger charge is -2.11. The Morgan fingerprint density at radius 2 is 1.84 bits per heavy atom. The number of ether oxygens (including phenoxy) is 1. The number of carbonyl (C=O) groups excluding carboxylic acids is 2. The van der Waals surface area contributed by atoms with Crippen LogP contribution in [0.15, 0.2) is 39.4 Å². The molecule has 0 saturated carbocycles. The van der Waals surface area contributed by atoms with Crippen molar-refractivity contribution in [2.24, 2.45) is 11.5 Å².